The lowest BCUT2D eigenvalue weighted by Crippen LogP contribution is -2.33. The van der Waals surface area contributed by atoms with E-state index >= 15 is 0 Å². The highest BCUT2D eigenvalue weighted by Crippen LogP contribution is 2.33. The van der Waals surface area contributed by atoms with Crippen LogP contribution in [0.1, 0.15) is 42.3 Å². The molecule has 3 heterocycles. The molecule has 1 aliphatic rings. The van der Waals surface area contributed by atoms with E-state index in [0.29, 0.717) is 5.89 Å². The number of thiophene rings is 1. The summed E-state index contributed by atoms with van der Waals surface area (Å²) in [5.74, 6) is 1.40. The van der Waals surface area contributed by atoms with E-state index < -0.39 is 0 Å². The van der Waals surface area contributed by atoms with Crippen molar-refractivity contribution in [3.8, 4) is 10.8 Å². The summed E-state index contributed by atoms with van der Waals surface area (Å²) in [6.07, 6.45) is 3.53. The van der Waals surface area contributed by atoms with Crippen LogP contribution < -0.4 is 0 Å². The highest BCUT2D eigenvalue weighted by molar-refractivity contribution is 7.13. The van der Waals surface area contributed by atoms with Crippen molar-refractivity contribution in [2.45, 2.75) is 38.8 Å². The zero-order valence-electron chi connectivity index (χ0n) is 13.8. The lowest BCUT2D eigenvalue weighted by Gasteiger charge is -2.33. The summed E-state index contributed by atoms with van der Waals surface area (Å²) < 4.78 is 6.01. The second-order valence-corrected chi connectivity index (χ2v) is 7.28. The SMILES string of the molecule is Cc1ccccc1CN1CCCC[C@H]1c1nnc(-c2cccs2)o1. The number of benzene rings is 1. The fourth-order valence-electron chi connectivity index (χ4n) is 3.34. The van der Waals surface area contributed by atoms with Gasteiger partial charge in [-0.3, -0.25) is 4.90 Å². The van der Waals surface area contributed by atoms with Crippen molar-refractivity contribution in [3.63, 3.8) is 0 Å². The molecule has 0 N–H and O–H groups in total. The molecule has 0 spiro atoms. The first kappa shape index (κ1) is 15.5. The van der Waals surface area contributed by atoms with Gasteiger partial charge < -0.3 is 4.42 Å². The Morgan fingerprint density at radius 2 is 2.08 bits per heavy atom. The summed E-state index contributed by atoms with van der Waals surface area (Å²) in [6, 6.07) is 12.9. The van der Waals surface area contributed by atoms with Crippen molar-refractivity contribution in [2.24, 2.45) is 0 Å². The van der Waals surface area contributed by atoms with Gasteiger partial charge in [-0.15, -0.1) is 21.5 Å². The summed E-state index contributed by atoms with van der Waals surface area (Å²) in [5, 5.41) is 10.7. The van der Waals surface area contributed by atoms with E-state index in [1.54, 1.807) is 11.3 Å². The summed E-state index contributed by atoms with van der Waals surface area (Å²) >= 11 is 1.63. The van der Waals surface area contributed by atoms with Gasteiger partial charge in [0.25, 0.3) is 5.89 Å². The lowest BCUT2D eigenvalue weighted by atomic mass is 10.00. The van der Waals surface area contributed by atoms with Gasteiger partial charge in [0.2, 0.25) is 5.89 Å². The minimum atomic E-state index is 0.222. The third kappa shape index (κ3) is 3.14. The molecule has 0 bridgehead atoms. The van der Waals surface area contributed by atoms with Crippen molar-refractivity contribution >= 4 is 11.3 Å². The number of aromatic nitrogens is 2. The summed E-state index contributed by atoms with van der Waals surface area (Å²) in [4.78, 5) is 3.52. The maximum atomic E-state index is 6.01. The Balaban J connectivity index is 1.57. The Kier molecular flexibility index (Phi) is 4.45. The Morgan fingerprint density at radius 3 is 2.92 bits per heavy atom. The van der Waals surface area contributed by atoms with Gasteiger partial charge in [0.1, 0.15) is 0 Å². The number of rotatable bonds is 4. The number of likely N-dealkylation sites (tertiary alicyclic amines) is 1. The van der Waals surface area contributed by atoms with Crippen LogP contribution >= 0.6 is 11.3 Å². The van der Waals surface area contributed by atoms with Crippen molar-refractivity contribution in [1.29, 1.82) is 0 Å². The van der Waals surface area contributed by atoms with Gasteiger partial charge in [-0.2, -0.15) is 0 Å². The van der Waals surface area contributed by atoms with Crippen molar-refractivity contribution in [2.75, 3.05) is 6.54 Å². The molecule has 0 amide bonds. The van der Waals surface area contributed by atoms with E-state index in [4.69, 9.17) is 4.42 Å². The molecule has 4 rings (SSSR count). The van der Waals surface area contributed by atoms with Gasteiger partial charge >= 0.3 is 0 Å². The fourth-order valence-corrected chi connectivity index (χ4v) is 3.98. The van der Waals surface area contributed by atoms with Crippen LogP contribution in [0.2, 0.25) is 0 Å². The number of hydrogen-bond acceptors (Lipinski definition) is 5. The molecule has 5 heteroatoms. The molecule has 24 heavy (non-hydrogen) atoms. The molecule has 1 fully saturated rings. The number of aryl methyl sites for hydroxylation is 1. The maximum Gasteiger partial charge on any atom is 0.257 e. The highest BCUT2D eigenvalue weighted by atomic mass is 32.1. The molecule has 0 saturated carbocycles. The number of piperidine rings is 1. The van der Waals surface area contributed by atoms with E-state index in [0.717, 1.165) is 30.3 Å². The normalized spacial score (nSPS) is 18.8. The van der Waals surface area contributed by atoms with Crippen LogP contribution in [0.5, 0.6) is 0 Å². The van der Waals surface area contributed by atoms with Gasteiger partial charge in [-0.25, -0.2) is 0 Å². The molecule has 0 radical (unpaired) electrons. The van der Waals surface area contributed by atoms with E-state index in [-0.39, 0.29) is 6.04 Å². The predicted molar refractivity (Wildman–Crippen MR) is 95.8 cm³/mol. The van der Waals surface area contributed by atoms with Gasteiger partial charge in [0.05, 0.1) is 10.9 Å². The molecular weight excluding hydrogens is 318 g/mol. The van der Waals surface area contributed by atoms with Crippen LogP contribution in [0.3, 0.4) is 0 Å². The number of nitrogens with zero attached hydrogens (tertiary/aromatic N) is 3. The van der Waals surface area contributed by atoms with Gasteiger partial charge in [0.15, 0.2) is 0 Å². The van der Waals surface area contributed by atoms with Gasteiger partial charge in [-0.1, -0.05) is 36.8 Å². The van der Waals surface area contributed by atoms with Crippen LogP contribution in [-0.4, -0.2) is 21.6 Å². The zero-order valence-corrected chi connectivity index (χ0v) is 14.6. The molecule has 1 aliphatic heterocycles. The van der Waals surface area contributed by atoms with Crippen molar-refractivity contribution in [1.82, 2.24) is 15.1 Å². The molecule has 0 unspecified atom stereocenters. The Labute approximate surface area is 146 Å². The third-order valence-corrected chi connectivity index (χ3v) is 5.56. The molecule has 1 aromatic carbocycles. The minimum Gasteiger partial charge on any atom is -0.418 e. The highest BCUT2D eigenvalue weighted by Gasteiger charge is 2.29. The van der Waals surface area contributed by atoms with Crippen LogP contribution in [0.25, 0.3) is 10.8 Å². The second kappa shape index (κ2) is 6.87. The molecule has 124 valence electrons. The lowest BCUT2D eigenvalue weighted by molar-refractivity contribution is 0.118. The molecule has 4 nitrogen and oxygen atoms in total. The minimum absolute atomic E-state index is 0.222. The average molecular weight is 339 g/mol. The Bertz CT molecular complexity index is 797. The number of hydrogen-bond donors (Lipinski definition) is 0. The monoisotopic (exact) mass is 339 g/mol. The predicted octanol–water partition coefficient (Wildman–Crippen LogP) is 4.83. The summed E-state index contributed by atoms with van der Waals surface area (Å²) in [6.45, 7) is 4.19. The summed E-state index contributed by atoms with van der Waals surface area (Å²) in [7, 11) is 0. The van der Waals surface area contributed by atoms with E-state index in [9.17, 15) is 0 Å². The first-order valence-corrected chi connectivity index (χ1v) is 9.35. The molecule has 1 saturated heterocycles. The molecule has 3 aromatic rings. The van der Waals surface area contributed by atoms with Crippen LogP contribution in [0.15, 0.2) is 46.2 Å². The van der Waals surface area contributed by atoms with Crippen molar-refractivity contribution < 1.29 is 4.42 Å². The average Bonchev–Trinajstić information content (AvgIpc) is 3.28. The Morgan fingerprint density at radius 1 is 1.17 bits per heavy atom. The first-order chi connectivity index (χ1) is 11.8. The maximum absolute atomic E-state index is 6.01. The van der Waals surface area contributed by atoms with Crippen LogP contribution in [0, 0.1) is 6.92 Å². The molecule has 2 aromatic heterocycles. The van der Waals surface area contributed by atoms with Gasteiger partial charge in [-0.05, 0) is 48.9 Å². The quantitative estimate of drug-likeness (QED) is 0.682. The molecule has 0 aliphatic carbocycles. The molecule has 1 atom stereocenters. The standard InChI is InChI=1S/C19H21N3OS/c1-14-7-2-3-8-15(14)13-22-11-5-4-9-16(22)18-20-21-19(23-18)17-10-6-12-24-17/h2-3,6-8,10,12,16H,4-5,9,11,13H2,1H3/t16-/m0/s1. The largest absolute Gasteiger partial charge is 0.418 e. The fraction of sp³-hybridized carbons (Fsp3) is 0.368. The van der Waals surface area contributed by atoms with Crippen LogP contribution in [0.4, 0.5) is 0 Å². The van der Waals surface area contributed by atoms with E-state index in [2.05, 4.69) is 46.3 Å². The first-order valence-electron chi connectivity index (χ1n) is 8.47. The van der Waals surface area contributed by atoms with E-state index in [1.165, 1.54) is 24.0 Å². The third-order valence-electron chi connectivity index (χ3n) is 4.71. The topological polar surface area (TPSA) is 42.2 Å². The van der Waals surface area contributed by atoms with Gasteiger partial charge in [0, 0.05) is 6.54 Å². The summed E-state index contributed by atoms with van der Waals surface area (Å²) in [5.41, 5.74) is 2.72. The zero-order chi connectivity index (χ0) is 16.4. The second-order valence-electron chi connectivity index (χ2n) is 6.33. The van der Waals surface area contributed by atoms with Crippen molar-refractivity contribution in [3.05, 3.63) is 58.8 Å². The smallest absolute Gasteiger partial charge is 0.257 e. The Hall–Kier alpha value is -1.98. The molecular formula is C19H21N3OS. The van der Waals surface area contributed by atoms with Crippen LogP contribution in [-0.2, 0) is 6.54 Å². The van der Waals surface area contributed by atoms with E-state index in [1.807, 2.05) is 17.5 Å².